The molecule has 0 spiro atoms. The predicted octanol–water partition coefficient (Wildman–Crippen LogP) is 3.75. The molecule has 0 saturated carbocycles. The average Bonchev–Trinajstić information content (AvgIpc) is 2.54. The van der Waals surface area contributed by atoms with Crippen LogP contribution in [-0.2, 0) is 28.6 Å². The van der Waals surface area contributed by atoms with Crippen molar-refractivity contribution < 1.29 is 8.42 Å². The van der Waals surface area contributed by atoms with Gasteiger partial charge in [-0.2, -0.15) is 0 Å². The topological polar surface area (TPSA) is 46.2 Å². The third-order valence-corrected chi connectivity index (χ3v) is 5.85. The van der Waals surface area contributed by atoms with Gasteiger partial charge in [0, 0.05) is 6.04 Å². The van der Waals surface area contributed by atoms with Crippen LogP contribution in [0.4, 0.5) is 0 Å². The normalized spacial score (nSPS) is 15.9. The minimum atomic E-state index is -3.35. The fourth-order valence-corrected chi connectivity index (χ4v) is 4.58. The number of nitrogens with one attached hydrogen (secondary N) is 1. The van der Waals surface area contributed by atoms with E-state index < -0.39 is 10.0 Å². The highest BCUT2D eigenvalue weighted by Gasteiger charge is 2.18. The van der Waals surface area contributed by atoms with Crippen LogP contribution in [0, 0.1) is 0 Å². The molecule has 0 aromatic heterocycles. The molecule has 1 N–H and O–H groups in total. The van der Waals surface area contributed by atoms with E-state index in [0.29, 0.717) is 0 Å². The molecule has 0 aliphatic heterocycles. The lowest BCUT2D eigenvalue weighted by atomic mass is 9.89. The van der Waals surface area contributed by atoms with Gasteiger partial charge in [-0.25, -0.2) is 13.1 Å². The molecule has 0 heterocycles. The zero-order valence-electron chi connectivity index (χ0n) is 13.5. The average molecular weight is 329 g/mol. The van der Waals surface area contributed by atoms with Crippen molar-refractivity contribution in [2.75, 3.05) is 0 Å². The van der Waals surface area contributed by atoms with E-state index in [1.807, 2.05) is 37.3 Å². The molecular weight excluding hydrogens is 306 g/mol. The lowest BCUT2D eigenvalue weighted by Gasteiger charge is -2.20. The Kier molecular flexibility index (Phi) is 4.83. The Balaban J connectivity index is 1.72. The summed E-state index contributed by atoms with van der Waals surface area (Å²) in [5.74, 6) is 0.0170. The van der Waals surface area contributed by atoms with Crippen molar-refractivity contribution in [2.24, 2.45) is 0 Å². The van der Waals surface area contributed by atoms with E-state index in [2.05, 4.69) is 22.9 Å². The molecule has 0 saturated heterocycles. The molecule has 122 valence electrons. The molecule has 0 bridgehead atoms. The molecule has 4 heteroatoms. The van der Waals surface area contributed by atoms with Crippen molar-refractivity contribution in [2.45, 2.75) is 44.4 Å². The molecule has 2 aromatic rings. The molecular formula is C19H23NO2S. The standard InChI is InChI=1S/C19H23NO2S/c1-15(18-12-11-17-9-5-6-10-19(17)13-18)20-23(21,22)14-16-7-3-2-4-8-16/h2-4,7-8,11-13,15,20H,5-6,9-10,14H2,1H3/t15-/m0/s1. The Labute approximate surface area is 138 Å². The van der Waals surface area contributed by atoms with Crippen LogP contribution in [0.15, 0.2) is 48.5 Å². The van der Waals surface area contributed by atoms with Gasteiger partial charge in [0.1, 0.15) is 0 Å². The molecule has 0 radical (unpaired) electrons. The largest absolute Gasteiger partial charge is 0.216 e. The Hall–Kier alpha value is -1.65. The Morgan fingerprint density at radius 3 is 2.43 bits per heavy atom. The molecule has 2 aromatic carbocycles. The number of hydrogen-bond acceptors (Lipinski definition) is 2. The summed E-state index contributed by atoms with van der Waals surface area (Å²) in [5.41, 5.74) is 4.64. The van der Waals surface area contributed by atoms with Crippen LogP contribution >= 0.6 is 0 Å². The second kappa shape index (κ2) is 6.85. The third-order valence-electron chi connectivity index (χ3n) is 4.43. The highest BCUT2D eigenvalue weighted by Crippen LogP contribution is 2.25. The SMILES string of the molecule is C[C@H](NS(=O)(=O)Cc1ccccc1)c1ccc2c(c1)CCCC2. The number of aryl methyl sites for hydroxylation is 2. The second-order valence-corrected chi connectivity index (χ2v) is 8.07. The van der Waals surface area contributed by atoms with Gasteiger partial charge < -0.3 is 0 Å². The summed E-state index contributed by atoms with van der Waals surface area (Å²) in [5, 5.41) is 0. The lowest BCUT2D eigenvalue weighted by Crippen LogP contribution is -2.28. The van der Waals surface area contributed by atoms with E-state index in [1.54, 1.807) is 0 Å². The van der Waals surface area contributed by atoms with E-state index in [-0.39, 0.29) is 11.8 Å². The molecule has 0 amide bonds. The maximum atomic E-state index is 12.4. The fraction of sp³-hybridized carbons (Fsp3) is 0.368. The molecule has 3 nitrogen and oxygen atoms in total. The Morgan fingerprint density at radius 2 is 1.70 bits per heavy atom. The van der Waals surface area contributed by atoms with Crippen LogP contribution < -0.4 is 4.72 Å². The molecule has 3 rings (SSSR count). The van der Waals surface area contributed by atoms with Crippen molar-refractivity contribution in [1.29, 1.82) is 0 Å². The Bertz CT molecular complexity index is 769. The Morgan fingerprint density at radius 1 is 1.00 bits per heavy atom. The first kappa shape index (κ1) is 16.2. The number of benzene rings is 2. The monoisotopic (exact) mass is 329 g/mol. The third kappa shape index (κ3) is 4.21. The predicted molar refractivity (Wildman–Crippen MR) is 93.7 cm³/mol. The molecule has 23 heavy (non-hydrogen) atoms. The summed E-state index contributed by atoms with van der Waals surface area (Å²) >= 11 is 0. The van der Waals surface area contributed by atoms with E-state index in [0.717, 1.165) is 24.0 Å². The molecule has 0 fully saturated rings. The molecule has 1 aliphatic rings. The quantitative estimate of drug-likeness (QED) is 0.908. The van der Waals surface area contributed by atoms with Crippen LogP contribution in [-0.4, -0.2) is 8.42 Å². The minimum Gasteiger partial charge on any atom is -0.212 e. The number of fused-ring (bicyclic) bond motifs is 1. The summed E-state index contributed by atoms with van der Waals surface area (Å²) in [6.45, 7) is 1.91. The minimum absolute atomic E-state index is 0.0170. The fourth-order valence-electron chi connectivity index (χ4n) is 3.20. The van der Waals surface area contributed by atoms with Crippen LogP contribution in [0.25, 0.3) is 0 Å². The van der Waals surface area contributed by atoms with Crippen LogP contribution in [0.2, 0.25) is 0 Å². The van der Waals surface area contributed by atoms with Crippen molar-refractivity contribution in [3.8, 4) is 0 Å². The summed E-state index contributed by atoms with van der Waals surface area (Å²) in [6, 6.07) is 15.5. The summed E-state index contributed by atoms with van der Waals surface area (Å²) < 4.78 is 27.5. The van der Waals surface area contributed by atoms with E-state index in [9.17, 15) is 8.42 Å². The summed E-state index contributed by atoms with van der Waals surface area (Å²) in [6.07, 6.45) is 4.73. The maximum Gasteiger partial charge on any atom is 0.216 e. The first-order valence-corrected chi connectivity index (χ1v) is 9.84. The van der Waals surface area contributed by atoms with Crippen molar-refractivity contribution in [1.82, 2.24) is 4.72 Å². The van der Waals surface area contributed by atoms with E-state index in [1.165, 1.54) is 24.0 Å². The molecule has 1 atom stereocenters. The highest BCUT2D eigenvalue weighted by atomic mass is 32.2. The number of sulfonamides is 1. The van der Waals surface area contributed by atoms with Gasteiger partial charge in [-0.05, 0) is 54.9 Å². The molecule has 1 aliphatic carbocycles. The van der Waals surface area contributed by atoms with Gasteiger partial charge in [0.25, 0.3) is 0 Å². The number of rotatable bonds is 5. The smallest absolute Gasteiger partial charge is 0.212 e. The van der Waals surface area contributed by atoms with E-state index in [4.69, 9.17) is 0 Å². The van der Waals surface area contributed by atoms with Gasteiger partial charge >= 0.3 is 0 Å². The highest BCUT2D eigenvalue weighted by molar-refractivity contribution is 7.88. The van der Waals surface area contributed by atoms with Gasteiger partial charge in [-0.3, -0.25) is 0 Å². The zero-order chi connectivity index (χ0) is 16.3. The van der Waals surface area contributed by atoms with Crippen molar-refractivity contribution >= 4 is 10.0 Å². The maximum absolute atomic E-state index is 12.4. The van der Waals surface area contributed by atoms with Crippen LogP contribution in [0.3, 0.4) is 0 Å². The van der Waals surface area contributed by atoms with Gasteiger partial charge in [-0.1, -0.05) is 48.5 Å². The lowest BCUT2D eigenvalue weighted by molar-refractivity contribution is 0.565. The van der Waals surface area contributed by atoms with Crippen molar-refractivity contribution in [3.63, 3.8) is 0 Å². The van der Waals surface area contributed by atoms with Gasteiger partial charge in [-0.15, -0.1) is 0 Å². The van der Waals surface area contributed by atoms with Crippen LogP contribution in [0.5, 0.6) is 0 Å². The van der Waals surface area contributed by atoms with E-state index >= 15 is 0 Å². The van der Waals surface area contributed by atoms with Gasteiger partial charge in [0.2, 0.25) is 10.0 Å². The summed E-state index contributed by atoms with van der Waals surface area (Å²) in [4.78, 5) is 0. The van der Waals surface area contributed by atoms with Crippen molar-refractivity contribution in [3.05, 3.63) is 70.8 Å². The first-order chi connectivity index (χ1) is 11.0. The summed E-state index contributed by atoms with van der Waals surface area (Å²) in [7, 11) is -3.35. The molecule has 0 unspecified atom stereocenters. The van der Waals surface area contributed by atoms with Gasteiger partial charge in [0.05, 0.1) is 5.75 Å². The van der Waals surface area contributed by atoms with Crippen LogP contribution in [0.1, 0.15) is 48.1 Å². The number of hydrogen-bond donors (Lipinski definition) is 1. The second-order valence-electron chi connectivity index (χ2n) is 6.32. The van der Waals surface area contributed by atoms with Gasteiger partial charge in [0.15, 0.2) is 0 Å². The first-order valence-electron chi connectivity index (χ1n) is 8.19. The zero-order valence-corrected chi connectivity index (χ0v) is 14.3.